The minimum atomic E-state index is 0.224. The molecule has 2 aliphatic heterocycles. The molecule has 2 aliphatic rings. The van der Waals surface area contributed by atoms with E-state index in [2.05, 4.69) is 36.3 Å². The van der Waals surface area contributed by atoms with Crippen molar-refractivity contribution < 1.29 is 4.79 Å². The molecule has 0 saturated carbocycles. The van der Waals surface area contributed by atoms with E-state index < -0.39 is 0 Å². The second kappa shape index (κ2) is 8.88. The van der Waals surface area contributed by atoms with Gasteiger partial charge in [-0.25, -0.2) is 0 Å². The number of rotatable bonds is 6. The van der Waals surface area contributed by atoms with Crippen LogP contribution in [0.15, 0.2) is 0 Å². The number of nitrogens with zero attached hydrogens (tertiary/aromatic N) is 1. The van der Waals surface area contributed by atoms with E-state index in [0.29, 0.717) is 12.0 Å². The van der Waals surface area contributed by atoms with Gasteiger partial charge in [0.15, 0.2) is 0 Å². The van der Waals surface area contributed by atoms with Gasteiger partial charge < -0.3 is 15.5 Å². The number of amides is 1. The first kappa shape index (κ1) is 17.7. The highest BCUT2D eigenvalue weighted by Gasteiger charge is 2.26. The standard InChI is InChI=1S/C18H35N3O/c1-14(2)5-9-21-10-6-16(7-11-21)13-20-18(22)17-4-8-19-15(3)12-17/h14-17,19H,4-13H2,1-3H3,(H,20,22)/t15-,17-/m0/s1. The van der Waals surface area contributed by atoms with Gasteiger partial charge in [0, 0.05) is 18.5 Å². The van der Waals surface area contributed by atoms with Gasteiger partial charge in [-0.2, -0.15) is 0 Å². The maximum atomic E-state index is 12.3. The van der Waals surface area contributed by atoms with Crippen molar-refractivity contribution in [3.05, 3.63) is 0 Å². The summed E-state index contributed by atoms with van der Waals surface area (Å²) in [6.45, 7) is 12.3. The van der Waals surface area contributed by atoms with E-state index in [1.807, 2.05) is 0 Å². The van der Waals surface area contributed by atoms with Crippen LogP contribution in [0.2, 0.25) is 0 Å². The third-order valence-corrected chi connectivity index (χ3v) is 5.29. The first-order valence-electron chi connectivity index (χ1n) is 9.28. The number of carbonyl (C=O) groups excluding carboxylic acids is 1. The third-order valence-electron chi connectivity index (χ3n) is 5.29. The Kier molecular flexibility index (Phi) is 7.16. The maximum Gasteiger partial charge on any atom is 0.223 e. The lowest BCUT2D eigenvalue weighted by Crippen LogP contribution is -2.44. The molecule has 2 saturated heterocycles. The number of likely N-dealkylation sites (tertiary alicyclic amines) is 1. The summed E-state index contributed by atoms with van der Waals surface area (Å²) in [7, 11) is 0. The van der Waals surface area contributed by atoms with Crippen molar-refractivity contribution in [1.82, 2.24) is 15.5 Å². The third kappa shape index (κ3) is 5.88. The van der Waals surface area contributed by atoms with E-state index in [9.17, 15) is 4.79 Å². The molecule has 2 heterocycles. The molecule has 22 heavy (non-hydrogen) atoms. The molecule has 2 fully saturated rings. The fourth-order valence-electron chi connectivity index (χ4n) is 3.61. The van der Waals surface area contributed by atoms with Gasteiger partial charge in [-0.15, -0.1) is 0 Å². The Morgan fingerprint density at radius 3 is 2.64 bits per heavy atom. The molecule has 1 amide bonds. The van der Waals surface area contributed by atoms with Crippen molar-refractivity contribution in [2.24, 2.45) is 17.8 Å². The van der Waals surface area contributed by atoms with Crippen molar-refractivity contribution in [3.8, 4) is 0 Å². The summed E-state index contributed by atoms with van der Waals surface area (Å²) in [6, 6.07) is 0.480. The van der Waals surface area contributed by atoms with Crippen molar-refractivity contribution in [1.29, 1.82) is 0 Å². The predicted octanol–water partition coefficient (Wildman–Crippen LogP) is 2.25. The first-order chi connectivity index (χ1) is 10.5. The molecule has 4 heteroatoms. The molecule has 2 atom stereocenters. The zero-order valence-corrected chi connectivity index (χ0v) is 14.7. The minimum Gasteiger partial charge on any atom is -0.356 e. The Labute approximate surface area is 136 Å². The summed E-state index contributed by atoms with van der Waals surface area (Å²) in [5.41, 5.74) is 0. The summed E-state index contributed by atoms with van der Waals surface area (Å²) in [6.07, 6.45) is 5.75. The molecule has 0 radical (unpaired) electrons. The Morgan fingerprint density at radius 1 is 1.27 bits per heavy atom. The first-order valence-corrected chi connectivity index (χ1v) is 9.28. The zero-order valence-electron chi connectivity index (χ0n) is 14.7. The highest BCUT2D eigenvalue weighted by atomic mass is 16.1. The van der Waals surface area contributed by atoms with Crippen molar-refractivity contribution in [2.45, 2.75) is 58.9 Å². The van der Waals surface area contributed by atoms with E-state index in [-0.39, 0.29) is 11.8 Å². The van der Waals surface area contributed by atoms with Crippen LogP contribution in [0.3, 0.4) is 0 Å². The number of carbonyl (C=O) groups is 1. The highest BCUT2D eigenvalue weighted by molar-refractivity contribution is 5.78. The monoisotopic (exact) mass is 309 g/mol. The van der Waals surface area contributed by atoms with Crippen LogP contribution in [0, 0.1) is 17.8 Å². The lowest BCUT2D eigenvalue weighted by molar-refractivity contribution is -0.126. The Bertz CT molecular complexity index is 337. The van der Waals surface area contributed by atoms with Gasteiger partial charge in [-0.1, -0.05) is 13.8 Å². The molecule has 2 rings (SSSR count). The van der Waals surface area contributed by atoms with Crippen LogP contribution >= 0.6 is 0 Å². The molecule has 0 unspecified atom stereocenters. The van der Waals surface area contributed by atoms with Crippen molar-refractivity contribution in [2.75, 3.05) is 32.7 Å². The Hall–Kier alpha value is -0.610. The highest BCUT2D eigenvalue weighted by Crippen LogP contribution is 2.19. The molecule has 0 aromatic rings. The average Bonchev–Trinajstić information content (AvgIpc) is 2.51. The van der Waals surface area contributed by atoms with Gasteiger partial charge in [0.2, 0.25) is 5.91 Å². The fraction of sp³-hybridized carbons (Fsp3) is 0.944. The Morgan fingerprint density at radius 2 is 2.00 bits per heavy atom. The van der Waals surface area contributed by atoms with Crippen LogP contribution in [0.4, 0.5) is 0 Å². The fourth-order valence-corrected chi connectivity index (χ4v) is 3.61. The van der Waals surface area contributed by atoms with Gasteiger partial charge in [0.1, 0.15) is 0 Å². The van der Waals surface area contributed by atoms with Crippen LogP contribution < -0.4 is 10.6 Å². The normalized spacial score (nSPS) is 28.0. The molecule has 4 nitrogen and oxygen atoms in total. The molecular formula is C18H35N3O. The second-order valence-electron chi connectivity index (χ2n) is 7.79. The topological polar surface area (TPSA) is 44.4 Å². The number of nitrogens with one attached hydrogen (secondary N) is 2. The van der Waals surface area contributed by atoms with Crippen LogP contribution in [0.25, 0.3) is 0 Å². The summed E-state index contributed by atoms with van der Waals surface area (Å²) >= 11 is 0. The maximum absolute atomic E-state index is 12.3. The second-order valence-corrected chi connectivity index (χ2v) is 7.79. The summed E-state index contributed by atoms with van der Waals surface area (Å²) < 4.78 is 0. The van der Waals surface area contributed by atoms with E-state index in [4.69, 9.17) is 0 Å². The van der Waals surface area contributed by atoms with E-state index in [1.165, 1.54) is 38.9 Å². The minimum absolute atomic E-state index is 0.224. The number of piperidine rings is 2. The van der Waals surface area contributed by atoms with Gasteiger partial charge in [0.05, 0.1) is 0 Å². The predicted molar refractivity (Wildman–Crippen MR) is 91.8 cm³/mol. The summed E-state index contributed by atoms with van der Waals surface area (Å²) in [4.78, 5) is 14.9. The van der Waals surface area contributed by atoms with E-state index in [0.717, 1.165) is 31.8 Å². The van der Waals surface area contributed by atoms with Crippen LogP contribution in [0.1, 0.15) is 52.9 Å². The van der Waals surface area contributed by atoms with E-state index >= 15 is 0 Å². The molecule has 128 valence electrons. The number of hydrogen-bond donors (Lipinski definition) is 2. The molecule has 0 spiro atoms. The SMILES string of the molecule is CC(C)CCN1CCC(CNC(=O)[C@H]2CCN[C@@H](C)C2)CC1. The van der Waals surface area contributed by atoms with Crippen LogP contribution in [-0.2, 0) is 4.79 Å². The smallest absolute Gasteiger partial charge is 0.223 e. The van der Waals surface area contributed by atoms with Crippen molar-refractivity contribution in [3.63, 3.8) is 0 Å². The average molecular weight is 309 g/mol. The molecular weight excluding hydrogens is 274 g/mol. The van der Waals surface area contributed by atoms with Crippen LogP contribution in [-0.4, -0.2) is 49.6 Å². The zero-order chi connectivity index (χ0) is 15.9. The molecule has 2 N–H and O–H groups in total. The van der Waals surface area contributed by atoms with Crippen LogP contribution in [0.5, 0.6) is 0 Å². The van der Waals surface area contributed by atoms with Gasteiger partial charge >= 0.3 is 0 Å². The summed E-state index contributed by atoms with van der Waals surface area (Å²) in [5, 5.41) is 6.63. The number of hydrogen-bond acceptors (Lipinski definition) is 3. The van der Waals surface area contributed by atoms with E-state index in [1.54, 1.807) is 0 Å². The van der Waals surface area contributed by atoms with Gasteiger partial charge in [0.25, 0.3) is 0 Å². The quantitative estimate of drug-likeness (QED) is 0.791. The van der Waals surface area contributed by atoms with Gasteiger partial charge in [-0.3, -0.25) is 4.79 Å². The lowest BCUT2D eigenvalue weighted by Gasteiger charge is -2.33. The Balaban J connectivity index is 1.61. The molecule has 0 bridgehead atoms. The molecule has 0 aromatic carbocycles. The molecule has 0 aliphatic carbocycles. The van der Waals surface area contributed by atoms with Crippen molar-refractivity contribution >= 4 is 5.91 Å². The summed E-state index contributed by atoms with van der Waals surface area (Å²) in [5.74, 6) is 1.99. The largest absolute Gasteiger partial charge is 0.356 e. The molecule has 0 aromatic heterocycles. The van der Waals surface area contributed by atoms with Gasteiger partial charge in [-0.05, 0) is 77.0 Å². The lowest BCUT2D eigenvalue weighted by atomic mass is 9.91.